The topological polar surface area (TPSA) is 69.3 Å². The zero-order valence-electron chi connectivity index (χ0n) is 16.3. The number of hydrogen-bond donors (Lipinski definition) is 1. The van der Waals surface area contributed by atoms with Gasteiger partial charge in [0.1, 0.15) is 23.1 Å². The largest absolute Gasteiger partial charge is 0.484 e. The van der Waals surface area contributed by atoms with Crippen molar-refractivity contribution < 1.29 is 13.9 Å². The molecule has 4 aromatic rings. The molecule has 10 heteroatoms. The molecule has 0 saturated heterocycles. The molecule has 0 atom stereocenters. The molecule has 32 heavy (non-hydrogen) atoms. The van der Waals surface area contributed by atoms with E-state index in [-0.39, 0.29) is 12.4 Å². The SMILES string of the molecule is O=C(Nc1cnn(Cc2ccc(Cl)c(Cl)c2)c1)c1ccc(COc2cccc(Cl)c2Cl)o1. The minimum absolute atomic E-state index is 0.0922. The summed E-state index contributed by atoms with van der Waals surface area (Å²) in [7, 11) is 0. The molecule has 2 heterocycles. The van der Waals surface area contributed by atoms with E-state index >= 15 is 0 Å². The summed E-state index contributed by atoms with van der Waals surface area (Å²) in [6.07, 6.45) is 3.25. The second kappa shape index (κ2) is 9.88. The number of carbonyl (C=O) groups is 1. The third-order valence-corrected chi connectivity index (χ3v) is 5.93. The number of rotatable bonds is 7. The Hall–Kier alpha value is -2.64. The summed E-state index contributed by atoms with van der Waals surface area (Å²) >= 11 is 24.1. The van der Waals surface area contributed by atoms with Gasteiger partial charge in [-0.05, 0) is 42.0 Å². The van der Waals surface area contributed by atoms with Crippen LogP contribution in [-0.4, -0.2) is 15.7 Å². The van der Waals surface area contributed by atoms with Crippen LogP contribution < -0.4 is 10.1 Å². The van der Waals surface area contributed by atoms with E-state index in [1.54, 1.807) is 59.5 Å². The lowest BCUT2D eigenvalue weighted by Crippen LogP contribution is -2.10. The summed E-state index contributed by atoms with van der Waals surface area (Å²) in [4.78, 5) is 12.5. The van der Waals surface area contributed by atoms with Crippen LogP contribution in [0.15, 0.2) is 65.3 Å². The minimum Gasteiger partial charge on any atom is -0.484 e. The first kappa shape index (κ1) is 22.6. The van der Waals surface area contributed by atoms with Crippen LogP contribution in [0.2, 0.25) is 20.1 Å². The summed E-state index contributed by atoms with van der Waals surface area (Å²) in [6, 6.07) is 13.7. The Bertz CT molecular complexity index is 1270. The highest BCUT2D eigenvalue weighted by molar-refractivity contribution is 6.43. The van der Waals surface area contributed by atoms with E-state index in [0.29, 0.717) is 43.8 Å². The van der Waals surface area contributed by atoms with Crippen LogP contribution in [0.5, 0.6) is 5.75 Å². The number of amides is 1. The molecule has 0 spiro atoms. The van der Waals surface area contributed by atoms with Crippen molar-refractivity contribution in [3.8, 4) is 5.75 Å². The Morgan fingerprint density at radius 2 is 1.88 bits per heavy atom. The highest BCUT2D eigenvalue weighted by Gasteiger charge is 2.14. The third kappa shape index (κ3) is 5.40. The summed E-state index contributed by atoms with van der Waals surface area (Å²) in [5.74, 6) is 0.613. The molecule has 0 bridgehead atoms. The predicted octanol–water partition coefficient (Wildman–Crippen LogP) is 6.97. The Morgan fingerprint density at radius 1 is 1.03 bits per heavy atom. The van der Waals surface area contributed by atoms with Crippen LogP contribution >= 0.6 is 46.4 Å². The van der Waals surface area contributed by atoms with Gasteiger partial charge in [-0.25, -0.2) is 0 Å². The Balaban J connectivity index is 1.35. The maximum absolute atomic E-state index is 12.5. The van der Waals surface area contributed by atoms with E-state index in [1.165, 1.54) is 0 Å². The Morgan fingerprint density at radius 3 is 2.69 bits per heavy atom. The average Bonchev–Trinajstić information content (AvgIpc) is 3.41. The van der Waals surface area contributed by atoms with E-state index < -0.39 is 5.91 Å². The number of aromatic nitrogens is 2. The Labute approximate surface area is 203 Å². The van der Waals surface area contributed by atoms with Gasteiger partial charge in [0.25, 0.3) is 5.91 Å². The lowest BCUT2D eigenvalue weighted by Gasteiger charge is -2.07. The fourth-order valence-electron chi connectivity index (χ4n) is 2.85. The summed E-state index contributed by atoms with van der Waals surface area (Å²) in [5, 5.41) is 8.66. The van der Waals surface area contributed by atoms with Gasteiger partial charge in [0.15, 0.2) is 5.76 Å². The first-order chi connectivity index (χ1) is 15.4. The first-order valence-electron chi connectivity index (χ1n) is 9.32. The molecule has 2 aromatic heterocycles. The van der Waals surface area contributed by atoms with E-state index in [1.807, 2.05) is 6.07 Å². The third-order valence-electron chi connectivity index (χ3n) is 4.39. The Kier molecular flexibility index (Phi) is 6.96. The molecule has 1 amide bonds. The van der Waals surface area contributed by atoms with Crippen molar-refractivity contribution in [3.63, 3.8) is 0 Å². The molecule has 164 valence electrons. The molecule has 0 saturated carbocycles. The number of furan rings is 1. The van der Waals surface area contributed by atoms with Crippen LogP contribution in [0.3, 0.4) is 0 Å². The highest BCUT2D eigenvalue weighted by Crippen LogP contribution is 2.32. The van der Waals surface area contributed by atoms with Gasteiger partial charge in [-0.3, -0.25) is 9.48 Å². The van der Waals surface area contributed by atoms with Crippen molar-refractivity contribution in [2.75, 3.05) is 5.32 Å². The molecule has 2 aromatic carbocycles. The molecule has 4 rings (SSSR count). The van der Waals surface area contributed by atoms with Crippen LogP contribution in [0.25, 0.3) is 0 Å². The zero-order chi connectivity index (χ0) is 22.7. The number of ether oxygens (including phenoxy) is 1. The van der Waals surface area contributed by atoms with Gasteiger partial charge in [-0.15, -0.1) is 0 Å². The van der Waals surface area contributed by atoms with Gasteiger partial charge in [0.2, 0.25) is 0 Å². The van der Waals surface area contributed by atoms with Gasteiger partial charge >= 0.3 is 0 Å². The summed E-state index contributed by atoms with van der Waals surface area (Å²) in [5.41, 5.74) is 1.45. The number of nitrogens with zero attached hydrogens (tertiary/aromatic N) is 2. The molecular weight excluding hydrogens is 496 g/mol. The minimum atomic E-state index is -0.411. The molecular formula is C22H15Cl4N3O3. The molecule has 0 unspecified atom stereocenters. The number of benzene rings is 2. The number of nitrogens with one attached hydrogen (secondary N) is 1. The van der Waals surface area contributed by atoms with E-state index in [9.17, 15) is 4.79 Å². The maximum atomic E-state index is 12.5. The van der Waals surface area contributed by atoms with Gasteiger partial charge in [-0.1, -0.05) is 58.5 Å². The number of hydrogen-bond acceptors (Lipinski definition) is 4. The molecule has 6 nitrogen and oxygen atoms in total. The quantitative estimate of drug-likeness (QED) is 0.291. The van der Waals surface area contributed by atoms with Crippen molar-refractivity contribution in [1.29, 1.82) is 0 Å². The van der Waals surface area contributed by atoms with E-state index in [2.05, 4.69) is 10.4 Å². The van der Waals surface area contributed by atoms with Crippen molar-refractivity contribution >= 4 is 58.0 Å². The van der Waals surface area contributed by atoms with Crippen molar-refractivity contribution in [1.82, 2.24) is 9.78 Å². The van der Waals surface area contributed by atoms with Crippen LogP contribution in [0.1, 0.15) is 21.9 Å². The van der Waals surface area contributed by atoms with Gasteiger partial charge in [0.05, 0.1) is 33.5 Å². The van der Waals surface area contributed by atoms with Crippen molar-refractivity contribution in [2.45, 2.75) is 13.2 Å². The molecule has 0 aliphatic rings. The second-order valence-corrected chi connectivity index (χ2v) is 8.34. The predicted molar refractivity (Wildman–Crippen MR) is 125 cm³/mol. The lowest BCUT2D eigenvalue weighted by atomic mass is 10.2. The highest BCUT2D eigenvalue weighted by atomic mass is 35.5. The molecule has 1 N–H and O–H groups in total. The van der Waals surface area contributed by atoms with E-state index in [0.717, 1.165) is 5.56 Å². The molecule has 0 fully saturated rings. The standard InChI is InChI=1S/C22H15Cl4N3O3/c23-16-6-4-13(8-18(16)25)10-29-11-14(9-27-29)28-22(30)20-7-5-15(32-20)12-31-19-3-1-2-17(24)21(19)26/h1-9,11H,10,12H2,(H,28,30). The lowest BCUT2D eigenvalue weighted by molar-refractivity contribution is 0.0992. The number of carbonyl (C=O) groups excluding carboxylic acids is 1. The number of anilines is 1. The average molecular weight is 511 g/mol. The smallest absolute Gasteiger partial charge is 0.291 e. The summed E-state index contributed by atoms with van der Waals surface area (Å²) < 4.78 is 12.9. The molecule has 0 radical (unpaired) electrons. The van der Waals surface area contributed by atoms with Gasteiger partial charge in [-0.2, -0.15) is 5.10 Å². The van der Waals surface area contributed by atoms with Crippen LogP contribution in [0, 0.1) is 0 Å². The van der Waals surface area contributed by atoms with Gasteiger partial charge in [0, 0.05) is 6.20 Å². The van der Waals surface area contributed by atoms with Crippen LogP contribution in [-0.2, 0) is 13.2 Å². The first-order valence-corrected chi connectivity index (χ1v) is 10.8. The van der Waals surface area contributed by atoms with E-state index in [4.69, 9.17) is 55.6 Å². The maximum Gasteiger partial charge on any atom is 0.291 e. The second-order valence-electron chi connectivity index (χ2n) is 6.74. The number of halogens is 4. The van der Waals surface area contributed by atoms with Gasteiger partial charge < -0.3 is 14.5 Å². The van der Waals surface area contributed by atoms with Crippen LogP contribution in [0.4, 0.5) is 5.69 Å². The monoisotopic (exact) mass is 509 g/mol. The fraction of sp³-hybridized carbons (Fsp3) is 0.0909. The van der Waals surface area contributed by atoms with Crippen molar-refractivity contribution in [3.05, 3.63) is 98.1 Å². The zero-order valence-corrected chi connectivity index (χ0v) is 19.3. The fourth-order valence-corrected chi connectivity index (χ4v) is 3.52. The van der Waals surface area contributed by atoms with Crippen molar-refractivity contribution in [2.24, 2.45) is 0 Å². The molecule has 0 aliphatic carbocycles. The molecule has 0 aliphatic heterocycles. The summed E-state index contributed by atoms with van der Waals surface area (Å²) in [6.45, 7) is 0.565. The normalized spacial score (nSPS) is 10.9.